The van der Waals surface area contributed by atoms with Gasteiger partial charge in [0, 0.05) is 18.7 Å². The second-order valence-corrected chi connectivity index (χ2v) is 5.20. The molecule has 6 nitrogen and oxygen atoms in total. The number of halogens is 2. The van der Waals surface area contributed by atoms with E-state index in [4.69, 9.17) is 0 Å². The second-order valence-electron chi connectivity index (χ2n) is 5.20. The van der Waals surface area contributed by atoms with E-state index in [1.165, 1.54) is 11.8 Å². The number of nitro groups is 1. The quantitative estimate of drug-likeness (QED) is 0.685. The Bertz CT molecular complexity index is 608. The average Bonchev–Trinajstić information content (AvgIpc) is 2.37. The van der Waals surface area contributed by atoms with Gasteiger partial charge in [-0.2, -0.15) is 4.39 Å². The minimum Gasteiger partial charge on any atom is -0.480 e. The maximum absolute atomic E-state index is 13.7. The van der Waals surface area contributed by atoms with Gasteiger partial charge in [0.15, 0.2) is 0 Å². The first-order valence-electron chi connectivity index (χ1n) is 6.42. The number of hydrogen-bond acceptors (Lipinski definition) is 4. The van der Waals surface area contributed by atoms with Crippen LogP contribution in [0.3, 0.4) is 0 Å². The van der Waals surface area contributed by atoms with Gasteiger partial charge in [-0.1, -0.05) is 0 Å². The number of piperidine rings is 1. The molecule has 1 fully saturated rings. The lowest BCUT2D eigenvalue weighted by Gasteiger charge is -2.42. The minimum atomic E-state index is -1.43. The predicted molar refractivity (Wildman–Crippen MR) is 70.3 cm³/mol. The maximum atomic E-state index is 13.7. The number of anilines is 1. The van der Waals surface area contributed by atoms with Crippen LogP contribution in [0.2, 0.25) is 0 Å². The molecule has 1 N–H and O–H groups in total. The van der Waals surface area contributed by atoms with E-state index >= 15 is 0 Å². The van der Waals surface area contributed by atoms with E-state index in [9.17, 15) is 28.8 Å². The summed E-state index contributed by atoms with van der Waals surface area (Å²) in [6, 6.07) is 1.23. The first-order valence-corrected chi connectivity index (χ1v) is 6.42. The summed E-state index contributed by atoms with van der Waals surface area (Å²) in [7, 11) is 0. The number of nitrogens with zero attached hydrogens (tertiary/aromatic N) is 2. The van der Waals surface area contributed by atoms with Crippen LogP contribution in [-0.2, 0) is 4.79 Å². The average molecular weight is 300 g/mol. The molecule has 0 spiro atoms. The van der Waals surface area contributed by atoms with Crippen molar-refractivity contribution in [3.05, 3.63) is 33.9 Å². The van der Waals surface area contributed by atoms with Gasteiger partial charge in [0.05, 0.1) is 4.92 Å². The minimum absolute atomic E-state index is 0.187. The van der Waals surface area contributed by atoms with Crippen LogP contribution in [-0.4, -0.2) is 28.1 Å². The van der Waals surface area contributed by atoms with Crippen molar-refractivity contribution in [1.82, 2.24) is 0 Å². The van der Waals surface area contributed by atoms with Crippen molar-refractivity contribution in [3.63, 3.8) is 0 Å². The molecule has 1 atom stereocenters. The molecular weight excluding hydrogens is 286 g/mol. The molecule has 1 aromatic rings. The number of carboxylic acid groups (broad SMARTS) is 1. The van der Waals surface area contributed by atoms with E-state index in [0.29, 0.717) is 18.9 Å². The van der Waals surface area contributed by atoms with Crippen LogP contribution in [0.1, 0.15) is 26.2 Å². The van der Waals surface area contributed by atoms with Crippen LogP contribution in [0, 0.1) is 21.7 Å². The summed E-state index contributed by atoms with van der Waals surface area (Å²) in [4.78, 5) is 22.8. The van der Waals surface area contributed by atoms with Crippen molar-refractivity contribution < 1.29 is 23.6 Å². The van der Waals surface area contributed by atoms with Crippen LogP contribution < -0.4 is 4.90 Å². The highest BCUT2D eigenvalue weighted by Crippen LogP contribution is 2.39. The van der Waals surface area contributed by atoms with E-state index in [2.05, 4.69) is 0 Å². The molecule has 0 radical (unpaired) electrons. The number of carboxylic acids is 1. The molecule has 0 saturated carbocycles. The Morgan fingerprint density at radius 1 is 1.43 bits per heavy atom. The Morgan fingerprint density at radius 2 is 2.10 bits per heavy atom. The molecule has 0 aliphatic carbocycles. The molecule has 114 valence electrons. The van der Waals surface area contributed by atoms with Crippen molar-refractivity contribution in [3.8, 4) is 0 Å². The Labute approximate surface area is 119 Å². The largest absolute Gasteiger partial charge is 0.480 e. The zero-order valence-corrected chi connectivity index (χ0v) is 11.3. The standard InChI is InChI=1S/C13H14F2N2O4/c1-13(12(18)19)4-2-3-5-16(13)10-7-8(14)6-9(15)11(10)17(20)21/h6-7H,2-5H2,1H3,(H,18,19). The predicted octanol–water partition coefficient (Wildman–Crippen LogP) is 2.71. The van der Waals surface area contributed by atoms with Crippen molar-refractivity contribution in [1.29, 1.82) is 0 Å². The van der Waals surface area contributed by atoms with Crippen LogP contribution in [0.4, 0.5) is 20.2 Å². The highest BCUT2D eigenvalue weighted by Gasteiger charge is 2.44. The number of benzene rings is 1. The summed E-state index contributed by atoms with van der Waals surface area (Å²) in [5.74, 6) is -3.47. The van der Waals surface area contributed by atoms with Gasteiger partial charge < -0.3 is 10.0 Å². The van der Waals surface area contributed by atoms with Crippen molar-refractivity contribution in [2.24, 2.45) is 0 Å². The zero-order chi connectivity index (χ0) is 15.8. The van der Waals surface area contributed by atoms with Gasteiger partial charge in [0.2, 0.25) is 5.82 Å². The highest BCUT2D eigenvalue weighted by molar-refractivity contribution is 5.85. The molecule has 2 rings (SSSR count). The van der Waals surface area contributed by atoms with Gasteiger partial charge in [-0.3, -0.25) is 10.1 Å². The lowest BCUT2D eigenvalue weighted by atomic mass is 9.87. The number of carbonyl (C=O) groups is 1. The number of aliphatic carboxylic acids is 1. The zero-order valence-electron chi connectivity index (χ0n) is 11.3. The third-order valence-corrected chi connectivity index (χ3v) is 3.83. The molecule has 1 heterocycles. The fraction of sp³-hybridized carbons (Fsp3) is 0.462. The van der Waals surface area contributed by atoms with Gasteiger partial charge in [-0.15, -0.1) is 0 Å². The Kier molecular flexibility index (Phi) is 3.80. The van der Waals surface area contributed by atoms with E-state index < -0.39 is 33.8 Å². The normalized spacial score (nSPS) is 22.1. The van der Waals surface area contributed by atoms with E-state index in [-0.39, 0.29) is 18.7 Å². The smallest absolute Gasteiger partial charge is 0.329 e. The highest BCUT2D eigenvalue weighted by atomic mass is 19.1. The molecule has 0 bridgehead atoms. The molecular formula is C13H14F2N2O4. The molecule has 1 aliphatic rings. The van der Waals surface area contributed by atoms with Gasteiger partial charge in [-0.05, 0) is 26.2 Å². The van der Waals surface area contributed by atoms with E-state index in [0.717, 1.165) is 6.07 Å². The first kappa shape index (κ1) is 15.1. The Morgan fingerprint density at radius 3 is 2.67 bits per heavy atom. The molecule has 1 aromatic carbocycles. The van der Waals surface area contributed by atoms with Gasteiger partial charge >= 0.3 is 11.7 Å². The molecule has 1 aliphatic heterocycles. The Balaban J connectivity index is 2.63. The summed E-state index contributed by atoms with van der Waals surface area (Å²) in [5.41, 5.74) is -2.66. The lowest BCUT2D eigenvalue weighted by molar-refractivity contribution is -0.386. The van der Waals surface area contributed by atoms with Crippen molar-refractivity contribution >= 4 is 17.3 Å². The number of nitro benzene ring substituents is 1. The summed E-state index contributed by atoms with van der Waals surface area (Å²) < 4.78 is 27.2. The molecule has 0 amide bonds. The monoisotopic (exact) mass is 300 g/mol. The third-order valence-electron chi connectivity index (χ3n) is 3.83. The molecule has 1 unspecified atom stereocenters. The second kappa shape index (κ2) is 5.27. The molecule has 1 saturated heterocycles. The van der Waals surface area contributed by atoms with E-state index in [1.807, 2.05) is 0 Å². The molecule has 0 aromatic heterocycles. The van der Waals surface area contributed by atoms with Crippen LogP contribution in [0.5, 0.6) is 0 Å². The topological polar surface area (TPSA) is 83.7 Å². The fourth-order valence-electron chi connectivity index (χ4n) is 2.67. The van der Waals surface area contributed by atoms with Crippen molar-refractivity contribution in [2.45, 2.75) is 31.7 Å². The Hall–Kier alpha value is -2.25. The van der Waals surface area contributed by atoms with Crippen molar-refractivity contribution in [2.75, 3.05) is 11.4 Å². The summed E-state index contributed by atoms with van der Waals surface area (Å²) in [6.07, 6.45) is 1.47. The summed E-state index contributed by atoms with van der Waals surface area (Å²) in [5, 5.41) is 20.4. The SMILES string of the molecule is CC1(C(=O)O)CCCCN1c1cc(F)cc(F)c1[N+](=O)[O-]. The third kappa shape index (κ3) is 2.53. The fourth-order valence-corrected chi connectivity index (χ4v) is 2.67. The van der Waals surface area contributed by atoms with E-state index in [1.54, 1.807) is 0 Å². The first-order chi connectivity index (χ1) is 9.77. The number of rotatable bonds is 3. The summed E-state index contributed by atoms with van der Waals surface area (Å²) in [6.45, 7) is 1.59. The van der Waals surface area contributed by atoms with Gasteiger partial charge in [0.1, 0.15) is 17.0 Å². The molecule has 8 heteroatoms. The molecule has 21 heavy (non-hydrogen) atoms. The maximum Gasteiger partial charge on any atom is 0.329 e. The summed E-state index contributed by atoms with van der Waals surface area (Å²) >= 11 is 0. The van der Waals surface area contributed by atoms with Gasteiger partial charge in [-0.25, -0.2) is 9.18 Å². The van der Waals surface area contributed by atoms with Gasteiger partial charge in [0.25, 0.3) is 0 Å². The van der Waals surface area contributed by atoms with Crippen LogP contribution in [0.15, 0.2) is 12.1 Å². The van der Waals surface area contributed by atoms with Crippen LogP contribution in [0.25, 0.3) is 0 Å². The van der Waals surface area contributed by atoms with Crippen LogP contribution >= 0.6 is 0 Å². The lowest BCUT2D eigenvalue weighted by Crippen LogP contribution is -2.55. The number of hydrogen-bond donors (Lipinski definition) is 1.